The monoisotopic (exact) mass is 366 g/mol. The number of aryl methyl sites for hydroxylation is 1. The molecule has 1 fully saturated rings. The number of esters is 1. The van der Waals surface area contributed by atoms with Gasteiger partial charge in [0.2, 0.25) is 0 Å². The molecular formula is C25H34O2. The molecule has 0 spiro atoms. The first kappa shape index (κ1) is 21.2. The van der Waals surface area contributed by atoms with Crippen molar-refractivity contribution in [3.63, 3.8) is 0 Å². The minimum absolute atomic E-state index is 0.0404. The third kappa shape index (κ3) is 3.95. The molecule has 1 saturated carbocycles. The molecule has 2 unspecified atom stereocenters. The Bertz CT molecular complexity index is 860. The zero-order valence-corrected chi connectivity index (χ0v) is 18.1. The predicted octanol–water partition coefficient (Wildman–Crippen LogP) is 7.25. The molecule has 27 heavy (non-hydrogen) atoms. The van der Waals surface area contributed by atoms with Crippen molar-refractivity contribution < 1.29 is 9.53 Å². The molecule has 0 bridgehead atoms. The third-order valence-electron chi connectivity index (χ3n) is 5.98. The lowest BCUT2D eigenvalue weighted by molar-refractivity contribution is -0.156. The van der Waals surface area contributed by atoms with Crippen LogP contribution in [0, 0.1) is 17.8 Å². The van der Waals surface area contributed by atoms with Gasteiger partial charge in [-0.05, 0) is 73.1 Å². The summed E-state index contributed by atoms with van der Waals surface area (Å²) in [6.07, 6.45) is 4.81. The summed E-state index contributed by atoms with van der Waals surface area (Å²) in [6, 6.07) is 10.6. The summed E-state index contributed by atoms with van der Waals surface area (Å²) in [6.45, 7) is 16.4. The van der Waals surface area contributed by atoms with E-state index >= 15 is 0 Å². The molecule has 1 aliphatic rings. The molecule has 0 amide bonds. The normalized spacial score (nSPS) is 21.5. The van der Waals surface area contributed by atoms with Gasteiger partial charge in [-0.1, -0.05) is 64.1 Å². The maximum Gasteiger partial charge on any atom is 0.312 e. The third-order valence-corrected chi connectivity index (χ3v) is 5.98. The highest BCUT2D eigenvalue weighted by molar-refractivity contribution is 5.89. The number of fused-ring (bicyclic) bond motifs is 1. The van der Waals surface area contributed by atoms with E-state index in [0.717, 1.165) is 17.4 Å². The number of rotatable bonds is 4. The average molecular weight is 367 g/mol. The summed E-state index contributed by atoms with van der Waals surface area (Å²) in [5, 5.41) is 2.34. The summed E-state index contributed by atoms with van der Waals surface area (Å²) in [5.41, 5.74) is 3.21. The van der Waals surface area contributed by atoms with Crippen molar-refractivity contribution in [2.75, 3.05) is 0 Å². The highest BCUT2D eigenvalue weighted by atomic mass is 16.5. The quantitative estimate of drug-likeness (QED) is 0.533. The van der Waals surface area contributed by atoms with E-state index in [1.165, 1.54) is 16.5 Å². The standard InChI is InChI=1S/C23H28O2.C2H6/c1-7-9-17-13-20-18(12-15(17)2)10-8-11-19(20)16(3)25-21(24)23(6)14-22(23,4)5;1-2/h7-13,16H,14H2,1-6H3;1-2H3/b9-7-;. The molecule has 0 aliphatic heterocycles. The molecule has 146 valence electrons. The van der Waals surface area contributed by atoms with Crippen molar-refractivity contribution in [1.29, 1.82) is 0 Å². The van der Waals surface area contributed by atoms with Crippen molar-refractivity contribution >= 4 is 22.8 Å². The Morgan fingerprint density at radius 2 is 1.81 bits per heavy atom. The van der Waals surface area contributed by atoms with Gasteiger partial charge in [0.1, 0.15) is 6.10 Å². The fraction of sp³-hybridized carbons (Fsp3) is 0.480. The van der Waals surface area contributed by atoms with Crippen molar-refractivity contribution in [2.24, 2.45) is 10.8 Å². The average Bonchev–Trinajstić information content (AvgIpc) is 3.16. The van der Waals surface area contributed by atoms with Gasteiger partial charge >= 0.3 is 5.97 Å². The van der Waals surface area contributed by atoms with Gasteiger partial charge in [-0.2, -0.15) is 0 Å². The summed E-state index contributed by atoms with van der Waals surface area (Å²) in [7, 11) is 0. The summed E-state index contributed by atoms with van der Waals surface area (Å²) in [5.74, 6) is -0.0807. The van der Waals surface area contributed by atoms with Gasteiger partial charge < -0.3 is 4.74 Å². The number of hydrogen-bond acceptors (Lipinski definition) is 2. The Morgan fingerprint density at radius 3 is 2.37 bits per heavy atom. The number of ether oxygens (including phenoxy) is 1. The molecule has 2 nitrogen and oxygen atoms in total. The van der Waals surface area contributed by atoms with Crippen molar-refractivity contribution in [2.45, 2.75) is 67.9 Å². The van der Waals surface area contributed by atoms with Gasteiger partial charge in [-0.3, -0.25) is 4.79 Å². The molecular weight excluding hydrogens is 332 g/mol. The highest BCUT2D eigenvalue weighted by Gasteiger charge is 2.64. The topological polar surface area (TPSA) is 26.3 Å². The molecule has 1 aliphatic carbocycles. The maximum atomic E-state index is 12.7. The Morgan fingerprint density at radius 1 is 1.19 bits per heavy atom. The van der Waals surface area contributed by atoms with Crippen molar-refractivity contribution in [1.82, 2.24) is 0 Å². The first-order chi connectivity index (χ1) is 12.7. The van der Waals surface area contributed by atoms with Crippen LogP contribution in [0.4, 0.5) is 0 Å². The number of benzene rings is 2. The number of carbonyl (C=O) groups excluding carboxylic acids is 1. The molecule has 2 heteroatoms. The van der Waals surface area contributed by atoms with E-state index < -0.39 is 0 Å². The van der Waals surface area contributed by atoms with Gasteiger partial charge in [0.05, 0.1) is 5.41 Å². The SMILES string of the molecule is C/C=C\c1cc2c(C(C)OC(=O)C3(C)CC3(C)C)cccc2cc1C.CC. The zero-order valence-electron chi connectivity index (χ0n) is 18.1. The van der Waals surface area contributed by atoms with Gasteiger partial charge in [0.15, 0.2) is 0 Å². The number of carbonyl (C=O) groups is 1. The van der Waals surface area contributed by atoms with Crippen LogP contribution < -0.4 is 0 Å². The summed E-state index contributed by atoms with van der Waals surface area (Å²) in [4.78, 5) is 12.7. The maximum absolute atomic E-state index is 12.7. The molecule has 2 atom stereocenters. The minimum atomic E-state index is -0.349. The fourth-order valence-corrected chi connectivity index (χ4v) is 3.74. The molecule has 3 rings (SSSR count). The van der Waals surface area contributed by atoms with Crippen LogP contribution >= 0.6 is 0 Å². The van der Waals surface area contributed by atoms with E-state index in [2.05, 4.69) is 57.2 Å². The van der Waals surface area contributed by atoms with Crippen LogP contribution in [0.2, 0.25) is 0 Å². The van der Waals surface area contributed by atoms with Crippen LogP contribution in [0.25, 0.3) is 16.8 Å². The summed E-state index contributed by atoms with van der Waals surface area (Å²) >= 11 is 0. The highest BCUT2D eigenvalue weighted by Crippen LogP contribution is 2.64. The van der Waals surface area contributed by atoms with E-state index in [0.29, 0.717) is 0 Å². The molecule has 0 saturated heterocycles. The van der Waals surface area contributed by atoms with E-state index in [-0.39, 0.29) is 22.9 Å². The van der Waals surface area contributed by atoms with E-state index in [4.69, 9.17) is 4.74 Å². The second kappa shape index (κ2) is 7.88. The molecule has 0 aromatic heterocycles. The Hall–Kier alpha value is -2.09. The van der Waals surface area contributed by atoms with Crippen LogP contribution in [0.15, 0.2) is 36.4 Å². The number of hydrogen-bond donors (Lipinski definition) is 0. The first-order valence-corrected chi connectivity index (χ1v) is 10.1. The van der Waals surface area contributed by atoms with Crippen molar-refractivity contribution in [3.8, 4) is 0 Å². The molecule has 2 aromatic carbocycles. The van der Waals surface area contributed by atoms with E-state index in [1.807, 2.05) is 40.7 Å². The Labute approximate surface area is 164 Å². The second-order valence-corrected chi connectivity index (χ2v) is 8.22. The van der Waals surface area contributed by atoms with Crippen LogP contribution in [0.1, 0.15) is 77.7 Å². The zero-order chi connectivity index (χ0) is 20.4. The summed E-state index contributed by atoms with van der Waals surface area (Å²) < 4.78 is 5.88. The molecule has 0 radical (unpaired) electrons. The largest absolute Gasteiger partial charge is 0.457 e. The lowest BCUT2D eigenvalue weighted by Crippen LogP contribution is -2.22. The first-order valence-electron chi connectivity index (χ1n) is 10.1. The number of allylic oxidation sites excluding steroid dienone is 1. The minimum Gasteiger partial charge on any atom is -0.457 e. The molecule has 0 heterocycles. The van der Waals surface area contributed by atoms with Crippen LogP contribution in [-0.4, -0.2) is 5.97 Å². The van der Waals surface area contributed by atoms with Gasteiger partial charge in [0, 0.05) is 0 Å². The smallest absolute Gasteiger partial charge is 0.312 e. The van der Waals surface area contributed by atoms with E-state index in [1.54, 1.807) is 0 Å². The lowest BCUT2D eigenvalue weighted by Gasteiger charge is -2.20. The van der Waals surface area contributed by atoms with Crippen molar-refractivity contribution in [3.05, 3.63) is 53.1 Å². The predicted molar refractivity (Wildman–Crippen MR) is 116 cm³/mol. The van der Waals surface area contributed by atoms with Crippen LogP contribution in [0.5, 0.6) is 0 Å². The van der Waals surface area contributed by atoms with Crippen LogP contribution in [0.3, 0.4) is 0 Å². The lowest BCUT2D eigenvalue weighted by atomic mass is 9.95. The van der Waals surface area contributed by atoms with Crippen LogP contribution in [-0.2, 0) is 9.53 Å². The Balaban J connectivity index is 0.00000126. The van der Waals surface area contributed by atoms with Gasteiger partial charge in [-0.15, -0.1) is 0 Å². The van der Waals surface area contributed by atoms with E-state index in [9.17, 15) is 4.79 Å². The van der Waals surface area contributed by atoms with Gasteiger partial charge in [-0.25, -0.2) is 0 Å². The fourth-order valence-electron chi connectivity index (χ4n) is 3.74. The Kier molecular flexibility index (Phi) is 6.19. The van der Waals surface area contributed by atoms with Gasteiger partial charge in [0.25, 0.3) is 0 Å². The molecule has 2 aromatic rings. The second-order valence-electron chi connectivity index (χ2n) is 8.22. The molecule has 0 N–H and O–H groups in total.